The van der Waals surface area contributed by atoms with Gasteiger partial charge in [0, 0.05) is 31.5 Å². The van der Waals surface area contributed by atoms with Crippen LogP contribution in [0.1, 0.15) is 65.2 Å². The van der Waals surface area contributed by atoms with Gasteiger partial charge >= 0.3 is 0 Å². The molecule has 0 spiro atoms. The molecule has 0 radical (unpaired) electrons. The Balaban J connectivity index is 1.45. The summed E-state index contributed by atoms with van der Waals surface area (Å²) >= 11 is 0. The fourth-order valence-corrected chi connectivity index (χ4v) is 5.33. The van der Waals surface area contributed by atoms with Crippen molar-refractivity contribution in [3.63, 3.8) is 0 Å². The maximum atomic E-state index is 13.1. The topological polar surface area (TPSA) is 65.5 Å². The minimum atomic E-state index is -0.0535. The Morgan fingerprint density at radius 3 is 2.50 bits per heavy atom. The summed E-state index contributed by atoms with van der Waals surface area (Å²) in [6, 6.07) is 4.32. The molecule has 0 unspecified atom stereocenters. The number of rotatable bonds is 4. The van der Waals surface area contributed by atoms with E-state index in [1.54, 1.807) is 6.20 Å². The normalized spacial score (nSPS) is 25.2. The van der Waals surface area contributed by atoms with Crippen LogP contribution in [-0.2, 0) is 9.59 Å². The lowest BCUT2D eigenvalue weighted by Crippen LogP contribution is -2.42. The number of anilines is 2. The fourth-order valence-electron chi connectivity index (χ4n) is 5.33. The Morgan fingerprint density at radius 2 is 1.80 bits per heavy atom. The first-order valence-corrected chi connectivity index (χ1v) is 11.9. The molecule has 3 fully saturated rings. The average Bonchev–Trinajstić information content (AvgIpc) is 3.08. The van der Waals surface area contributed by atoms with E-state index in [2.05, 4.69) is 20.1 Å². The molecule has 0 bridgehead atoms. The largest absolute Gasteiger partial charge is 0.352 e. The van der Waals surface area contributed by atoms with E-state index < -0.39 is 0 Å². The summed E-state index contributed by atoms with van der Waals surface area (Å²) in [6.07, 6.45) is 11.1. The third-order valence-corrected chi connectivity index (χ3v) is 7.13. The van der Waals surface area contributed by atoms with Crippen LogP contribution in [0.15, 0.2) is 18.3 Å². The molecule has 1 aromatic heterocycles. The van der Waals surface area contributed by atoms with Gasteiger partial charge in [-0.25, -0.2) is 4.98 Å². The Bertz CT molecular complexity index is 742. The Hall–Kier alpha value is -2.11. The average molecular weight is 413 g/mol. The smallest absolute Gasteiger partial charge is 0.226 e. The quantitative estimate of drug-likeness (QED) is 0.809. The third kappa shape index (κ3) is 4.62. The molecule has 30 heavy (non-hydrogen) atoms. The molecule has 0 aromatic carbocycles. The van der Waals surface area contributed by atoms with Gasteiger partial charge in [0.2, 0.25) is 11.8 Å². The van der Waals surface area contributed by atoms with Crippen LogP contribution in [0.2, 0.25) is 0 Å². The number of fused-ring (bicyclic) bond motifs is 1. The molecule has 164 valence electrons. The summed E-state index contributed by atoms with van der Waals surface area (Å²) in [5, 5.41) is 2.92. The van der Waals surface area contributed by atoms with Crippen molar-refractivity contribution in [2.24, 2.45) is 17.8 Å². The zero-order valence-corrected chi connectivity index (χ0v) is 18.5. The highest BCUT2D eigenvalue weighted by Crippen LogP contribution is 2.35. The van der Waals surface area contributed by atoms with Crippen molar-refractivity contribution in [2.45, 2.75) is 71.3 Å². The van der Waals surface area contributed by atoms with Gasteiger partial charge in [0.05, 0.1) is 17.9 Å². The van der Waals surface area contributed by atoms with Crippen LogP contribution < -0.4 is 10.2 Å². The summed E-state index contributed by atoms with van der Waals surface area (Å²) in [5.74, 6) is 2.08. The molecule has 2 atom stereocenters. The Labute approximate surface area is 180 Å². The van der Waals surface area contributed by atoms with Crippen molar-refractivity contribution in [2.75, 3.05) is 29.9 Å². The summed E-state index contributed by atoms with van der Waals surface area (Å²) < 4.78 is 0. The van der Waals surface area contributed by atoms with E-state index in [9.17, 15) is 9.59 Å². The van der Waals surface area contributed by atoms with Crippen LogP contribution in [0.25, 0.3) is 0 Å². The third-order valence-electron chi connectivity index (χ3n) is 7.13. The lowest BCUT2D eigenvalue weighted by molar-refractivity contribution is -0.135. The van der Waals surface area contributed by atoms with Crippen molar-refractivity contribution in [3.8, 4) is 0 Å². The van der Waals surface area contributed by atoms with Gasteiger partial charge in [0.15, 0.2) is 0 Å². The molecule has 1 aromatic rings. The number of carbonyl (C=O) groups excluding carboxylic acids is 2. The van der Waals surface area contributed by atoms with E-state index in [4.69, 9.17) is 0 Å². The van der Waals surface area contributed by atoms with Gasteiger partial charge < -0.3 is 15.1 Å². The molecule has 1 aliphatic carbocycles. The Kier molecular flexibility index (Phi) is 6.59. The molecule has 1 saturated carbocycles. The van der Waals surface area contributed by atoms with E-state index in [1.165, 1.54) is 32.1 Å². The number of aromatic nitrogens is 1. The van der Waals surface area contributed by atoms with E-state index in [0.29, 0.717) is 17.9 Å². The first kappa shape index (κ1) is 21.1. The second-order valence-electron chi connectivity index (χ2n) is 9.64. The predicted octanol–water partition coefficient (Wildman–Crippen LogP) is 4.07. The second-order valence-corrected chi connectivity index (χ2v) is 9.64. The van der Waals surface area contributed by atoms with E-state index in [-0.39, 0.29) is 17.7 Å². The number of hydrogen-bond donors (Lipinski definition) is 1. The monoisotopic (exact) mass is 412 g/mol. The van der Waals surface area contributed by atoms with Crippen LogP contribution in [0.3, 0.4) is 0 Å². The molecule has 4 rings (SSSR count). The van der Waals surface area contributed by atoms with Gasteiger partial charge in [-0.3, -0.25) is 9.59 Å². The van der Waals surface area contributed by atoms with E-state index in [1.807, 2.05) is 26.0 Å². The molecule has 3 aliphatic rings. The number of likely N-dealkylation sites (tertiary alicyclic amines) is 1. The van der Waals surface area contributed by atoms with Gasteiger partial charge in [-0.2, -0.15) is 0 Å². The number of amides is 2. The highest BCUT2D eigenvalue weighted by atomic mass is 16.2. The van der Waals surface area contributed by atoms with Gasteiger partial charge in [-0.05, 0) is 43.7 Å². The molecule has 2 saturated heterocycles. The van der Waals surface area contributed by atoms with Crippen LogP contribution >= 0.6 is 0 Å². The van der Waals surface area contributed by atoms with Gasteiger partial charge in [-0.15, -0.1) is 0 Å². The van der Waals surface area contributed by atoms with Gasteiger partial charge in [0.1, 0.15) is 5.82 Å². The summed E-state index contributed by atoms with van der Waals surface area (Å²) in [6.45, 7) is 6.48. The van der Waals surface area contributed by atoms with Crippen LogP contribution in [0, 0.1) is 17.8 Å². The van der Waals surface area contributed by atoms with Gasteiger partial charge in [0.25, 0.3) is 0 Å². The number of nitrogens with zero attached hydrogens (tertiary/aromatic N) is 3. The fraction of sp³-hybridized carbons (Fsp3) is 0.708. The summed E-state index contributed by atoms with van der Waals surface area (Å²) in [5.41, 5.74) is 0.740. The minimum Gasteiger partial charge on any atom is -0.352 e. The molecule has 2 aliphatic heterocycles. The first-order valence-electron chi connectivity index (χ1n) is 11.9. The molecular weight excluding hydrogens is 376 g/mol. The minimum absolute atomic E-state index is 0.00652. The summed E-state index contributed by atoms with van der Waals surface area (Å²) in [4.78, 5) is 34.3. The maximum absolute atomic E-state index is 13.1. The summed E-state index contributed by atoms with van der Waals surface area (Å²) in [7, 11) is 0. The van der Waals surface area contributed by atoms with Crippen molar-refractivity contribution < 1.29 is 9.59 Å². The molecule has 2 amide bonds. The zero-order valence-electron chi connectivity index (χ0n) is 18.5. The van der Waals surface area contributed by atoms with E-state index >= 15 is 0 Å². The van der Waals surface area contributed by atoms with Crippen LogP contribution in [-0.4, -0.2) is 47.4 Å². The molecule has 6 heteroatoms. The highest BCUT2D eigenvalue weighted by molar-refractivity contribution is 5.91. The SMILES string of the molecule is CC(C)C(=O)Nc1ccc(N2CCCC[C@@H]3CN(C(=O)C4CCCCC4)C[C@@H]32)nc1. The van der Waals surface area contributed by atoms with Crippen molar-refractivity contribution in [3.05, 3.63) is 18.3 Å². The first-order chi connectivity index (χ1) is 14.5. The van der Waals surface area contributed by atoms with Gasteiger partial charge in [-0.1, -0.05) is 39.5 Å². The number of hydrogen-bond acceptors (Lipinski definition) is 4. The lowest BCUT2D eigenvalue weighted by Gasteiger charge is -2.31. The maximum Gasteiger partial charge on any atom is 0.226 e. The molecular formula is C24H36N4O2. The Morgan fingerprint density at radius 1 is 1.03 bits per heavy atom. The number of pyridine rings is 1. The van der Waals surface area contributed by atoms with Crippen LogP contribution in [0.4, 0.5) is 11.5 Å². The molecule has 3 heterocycles. The second kappa shape index (κ2) is 9.36. The van der Waals surface area contributed by atoms with Crippen molar-refractivity contribution in [1.82, 2.24) is 9.88 Å². The predicted molar refractivity (Wildman–Crippen MR) is 119 cm³/mol. The number of carbonyl (C=O) groups is 2. The number of nitrogens with one attached hydrogen (secondary N) is 1. The zero-order chi connectivity index (χ0) is 21.1. The van der Waals surface area contributed by atoms with E-state index in [0.717, 1.165) is 50.4 Å². The lowest BCUT2D eigenvalue weighted by atomic mass is 9.88. The standard InChI is InChI=1S/C24H36N4O2/c1-17(2)23(29)26-20-11-12-22(25-14-20)28-13-7-6-10-19-15-27(16-21(19)28)24(30)18-8-4-3-5-9-18/h11-12,14,17-19,21H,3-10,13,15-16H2,1-2H3,(H,26,29)/t19-,21+/m1/s1. The van der Waals surface area contributed by atoms with Crippen molar-refractivity contribution >= 4 is 23.3 Å². The molecule has 1 N–H and O–H groups in total. The highest BCUT2D eigenvalue weighted by Gasteiger charge is 2.41. The van der Waals surface area contributed by atoms with Crippen LogP contribution in [0.5, 0.6) is 0 Å². The molecule has 6 nitrogen and oxygen atoms in total. The van der Waals surface area contributed by atoms with Crippen molar-refractivity contribution in [1.29, 1.82) is 0 Å².